The van der Waals surface area contributed by atoms with Crippen LogP contribution in [-0.4, -0.2) is 35.7 Å². The van der Waals surface area contributed by atoms with Crippen LogP contribution >= 0.6 is 0 Å². The molecule has 0 aliphatic heterocycles. The third kappa shape index (κ3) is 5.04. The van der Waals surface area contributed by atoms with E-state index in [4.69, 9.17) is 14.5 Å². The monoisotopic (exact) mass is 415 g/mol. The van der Waals surface area contributed by atoms with Crippen LogP contribution in [0.3, 0.4) is 0 Å². The van der Waals surface area contributed by atoms with Crippen LogP contribution in [0.15, 0.2) is 78.9 Å². The van der Waals surface area contributed by atoms with Crippen LogP contribution in [0.4, 0.5) is 0 Å². The first-order chi connectivity index (χ1) is 15.2. The van der Waals surface area contributed by atoms with Crippen molar-refractivity contribution in [2.24, 2.45) is 0 Å². The number of carbonyl (C=O) groups is 1. The Morgan fingerprint density at radius 3 is 2.45 bits per heavy atom. The van der Waals surface area contributed by atoms with E-state index < -0.39 is 0 Å². The van der Waals surface area contributed by atoms with Crippen molar-refractivity contribution in [3.8, 4) is 11.5 Å². The highest BCUT2D eigenvalue weighted by Crippen LogP contribution is 2.17. The van der Waals surface area contributed by atoms with Gasteiger partial charge < -0.3 is 19.4 Å². The summed E-state index contributed by atoms with van der Waals surface area (Å²) in [5.74, 6) is 2.38. The predicted octanol–water partition coefficient (Wildman–Crippen LogP) is 4.10. The van der Waals surface area contributed by atoms with Crippen LogP contribution in [0.25, 0.3) is 11.0 Å². The number of para-hydroxylation sites is 3. The number of hydrogen-bond donors (Lipinski definition) is 1. The first-order valence-electron chi connectivity index (χ1n) is 10.3. The lowest BCUT2D eigenvalue weighted by molar-refractivity contribution is 0.0954. The predicted molar refractivity (Wildman–Crippen MR) is 121 cm³/mol. The number of nitrogens with one attached hydrogen (secondary N) is 1. The fourth-order valence-electron chi connectivity index (χ4n) is 3.47. The van der Waals surface area contributed by atoms with Gasteiger partial charge in [-0.1, -0.05) is 30.3 Å². The number of amides is 1. The minimum absolute atomic E-state index is 0.113. The van der Waals surface area contributed by atoms with Crippen molar-refractivity contribution in [3.05, 3.63) is 90.3 Å². The summed E-state index contributed by atoms with van der Waals surface area (Å²) in [5, 5.41) is 2.97. The second kappa shape index (κ2) is 9.80. The van der Waals surface area contributed by atoms with Gasteiger partial charge in [0.15, 0.2) is 0 Å². The summed E-state index contributed by atoms with van der Waals surface area (Å²) in [5.41, 5.74) is 2.61. The smallest absolute Gasteiger partial charge is 0.251 e. The van der Waals surface area contributed by atoms with E-state index in [0.29, 0.717) is 31.7 Å². The molecule has 0 bridgehead atoms. The maximum Gasteiger partial charge on any atom is 0.251 e. The van der Waals surface area contributed by atoms with Gasteiger partial charge in [0.05, 0.1) is 24.7 Å². The molecule has 1 aromatic heterocycles. The molecule has 158 valence electrons. The van der Waals surface area contributed by atoms with Crippen LogP contribution in [-0.2, 0) is 13.0 Å². The molecule has 0 fully saturated rings. The number of methoxy groups -OCH3 is 1. The zero-order valence-electron chi connectivity index (χ0n) is 17.5. The Labute approximate surface area is 181 Å². The summed E-state index contributed by atoms with van der Waals surface area (Å²) in [6.07, 6.45) is 0.627. The van der Waals surface area contributed by atoms with Gasteiger partial charge in [-0.15, -0.1) is 0 Å². The molecule has 4 aromatic rings. The van der Waals surface area contributed by atoms with Crippen LogP contribution in [0, 0.1) is 0 Å². The number of aromatic nitrogens is 2. The molecule has 0 unspecified atom stereocenters. The molecule has 1 N–H and O–H groups in total. The van der Waals surface area contributed by atoms with Crippen molar-refractivity contribution in [1.82, 2.24) is 14.9 Å². The minimum Gasteiger partial charge on any atom is -0.497 e. The Morgan fingerprint density at radius 1 is 0.935 bits per heavy atom. The van der Waals surface area contributed by atoms with Crippen molar-refractivity contribution in [2.75, 3.05) is 20.3 Å². The van der Waals surface area contributed by atoms with Crippen molar-refractivity contribution in [3.63, 3.8) is 0 Å². The van der Waals surface area contributed by atoms with Crippen molar-refractivity contribution in [2.45, 2.75) is 13.0 Å². The Balaban J connectivity index is 1.40. The van der Waals surface area contributed by atoms with E-state index >= 15 is 0 Å². The third-order valence-corrected chi connectivity index (χ3v) is 5.05. The number of hydrogen-bond acceptors (Lipinski definition) is 4. The number of fused-ring (bicyclic) bond motifs is 1. The summed E-state index contributed by atoms with van der Waals surface area (Å²) in [6, 6.07) is 24.9. The quantitative estimate of drug-likeness (QED) is 0.447. The number of benzene rings is 3. The molecule has 0 saturated heterocycles. The molecule has 6 heteroatoms. The Morgan fingerprint density at radius 2 is 1.68 bits per heavy atom. The Kier molecular flexibility index (Phi) is 6.47. The molecular weight excluding hydrogens is 390 g/mol. The van der Waals surface area contributed by atoms with Crippen LogP contribution in [0.1, 0.15) is 16.2 Å². The van der Waals surface area contributed by atoms with E-state index in [-0.39, 0.29) is 5.91 Å². The van der Waals surface area contributed by atoms with Crippen LogP contribution < -0.4 is 14.8 Å². The van der Waals surface area contributed by atoms with Gasteiger partial charge in [0.25, 0.3) is 5.91 Å². The second-order valence-corrected chi connectivity index (χ2v) is 7.06. The third-order valence-electron chi connectivity index (χ3n) is 5.05. The van der Waals surface area contributed by atoms with Crippen molar-refractivity contribution >= 4 is 16.9 Å². The molecule has 0 radical (unpaired) electrons. The van der Waals surface area contributed by atoms with Gasteiger partial charge in [-0.3, -0.25) is 4.79 Å². The SMILES string of the molecule is COc1ccc(C(=O)NCCc2nc3ccccc3n2CCOc2ccccc2)cc1. The highest BCUT2D eigenvalue weighted by molar-refractivity contribution is 5.94. The van der Waals surface area contributed by atoms with Crippen LogP contribution in [0.5, 0.6) is 11.5 Å². The number of nitrogens with zero attached hydrogens (tertiary/aromatic N) is 2. The zero-order chi connectivity index (χ0) is 21.5. The zero-order valence-corrected chi connectivity index (χ0v) is 17.5. The largest absolute Gasteiger partial charge is 0.497 e. The normalized spacial score (nSPS) is 10.7. The number of imidazole rings is 1. The first kappa shape index (κ1) is 20.5. The number of rotatable bonds is 9. The van der Waals surface area contributed by atoms with Crippen molar-refractivity contribution in [1.29, 1.82) is 0 Å². The molecule has 0 spiro atoms. The summed E-state index contributed by atoms with van der Waals surface area (Å²) in [7, 11) is 1.60. The Bertz CT molecular complexity index is 1140. The van der Waals surface area contributed by atoms with E-state index in [2.05, 4.69) is 16.0 Å². The maximum atomic E-state index is 12.4. The molecule has 0 aliphatic carbocycles. The number of ether oxygens (including phenoxy) is 2. The molecule has 1 heterocycles. The highest BCUT2D eigenvalue weighted by atomic mass is 16.5. The lowest BCUT2D eigenvalue weighted by Crippen LogP contribution is -2.26. The first-order valence-corrected chi connectivity index (χ1v) is 10.3. The topological polar surface area (TPSA) is 65.4 Å². The molecule has 1 amide bonds. The summed E-state index contributed by atoms with van der Waals surface area (Å²) in [6.45, 7) is 1.71. The lowest BCUT2D eigenvalue weighted by Gasteiger charge is -2.11. The average Bonchev–Trinajstić information content (AvgIpc) is 3.17. The molecular formula is C25H25N3O3. The standard InChI is InChI=1S/C25H25N3O3/c1-30-20-13-11-19(12-14-20)25(29)26-16-15-24-27-22-9-5-6-10-23(22)28(24)17-18-31-21-7-3-2-4-8-21/h2-14H,15-18H2,1H3,(H,26,29). The summed E-state index contributed by atoms with van der Waals surface area (Å²) >= 11 is 0. The van der Waals surface area contributed by atoms with Gasteiger partial charge in [0.1, 0.15) is 23.9 Å². The fraction of sp³-hybridized carbons (Fsp3) is 0.200. The molecule has 6 nitrogen and oxygen atoms in total. The van der Waals surface area contributed by atoms with E-state index in [1.54, 1.807) is 31.4 Å². The molecule has 0 atom stereocenters. The van der Waals surface area contributed by atoms with Gasteiger partial charge in [-0.05, 0) is 48.5 Å². The molecule has 3 aromatic carbocycles. The van der Waals surface area contributed by atoms with Gasteiger partial charge >= 0.3 is 0 Å². The average molecular weight is 415 g/mol. The van der Waals surface area contributed by atoms with Gasteiger partial charge in [0, 0.05) is 18.5 Å². The van der Waals surface area contributed by atoms with Gasteiger partial charge in [0.2, 0.25) is 0 Å². The summed E-state index contributed by atoms with van der Waals surface area (Å²) < 4.78 is 13.2. The van der Waals surface area contributed by atoms with E-state index in [9.17, 15) is 4.79 Å². The molecule has 31 heavy (non-hydrogen) atoms. The molecule has 0 aliphatic rings. The fourth-order valence-corrected chi connectivity index (χ4v) is 3.47. The van der Waals surface area contributed by atoms with Crippen LogP contribution in [0.2, 0.25) is 0 Å². The maximum absolute atomic E-state index is 12.4. The minimum atomic E-state index is -0.113. The van der Waals surface area contributed by atoms with E-state index in [0.717, 1.165) is 28.4 Å². The lowest BCUT2D eigenvalue weighted by atomic mass is 10.2. The van der Waals surface area contributed by atoms with Gasteiger partial charge in [-0.25, -0.2) is 4.98 Å². The van der Waals surface area contributed by atoms with Gasteiger partial charge in [-0.2, -0.15) is 0 Å². The van der Waals surface area contributed by atoms with E-state index in [1.165, 1.54) is 0 Å². The number of carbonyl (C=O) groups excluding carboxylic acids is 1. The summed E-state index contributed by atoms with van der Waals surface area (Å²) in [4.78, 5) is 17.2. The van der Waals surface area contributed by atoms with Crippen molar-refractivity contribution < 1.29 is 14.3 Å². The molecule has 4 rings (SSSR count). The Hall–Kier alpha value is -3.80. The van der Waals surface area contributed by atoms with E-state index in [1.807, 2.05) is 48.5 Å². The second-order valence-electron chi connectivity index (χ2n) is 7.06. The molecule has 0 saturated carbocycles. The highest BCUT2D eigenvalue weighted by Gasteiger charge is 2.12.